The Morgan fingerprint density at radius 3 is 2.83 bits per heavy atom. The topological polar surface area (TPSA) is 73.1 Å². The predicted octanol–water partition coefficient (Wildman–Crippen LogP) is 1.71. The molecule has 0 radical (unpaired) electrons. The fourth-order valence-electron chi connectivity index (χ4n) is 3.14. The van der Waals surface area contributed by atoms with Gasteiger partial charge in [-0.2, -0.15) is 5.10 Å². The van der Waals surface area contributed by atoms with Crippen LogP contribution in [-0.4, -0.2) is 57.4 Å². The first-order valence-corrected chi connectivity index (χ1v) is 8.33. The normalized spacial score (nSPS) is 15.7. The lowest BCUT2D eigenvalue weighted by Crippen LogP contribution is -2.39. The van der Waals surface area contributed by atoms with Gasteiger partial charge in [-0.05, 0) is 25.8 Å². The molecule has 1 aliphatic heterocycles. The Bertz CT molecular complexity index is 692. The first kappa shape index (κ1) is 16.6. The predicted molar refractivity (Wildman–Crippen MR) is 89.4 cm³/mol. The molecule has 7 nitrogen and oxygen atoms in total. The van der Waals surface area contributed by atoms with Crippen LogP contribution < -0.4 is 0 Å². The van der Waals surface area contributed by atoms with Gasteiger partial charge in [-0.15, -0.1) is 0 Å². The zero-order valence-electron chi connectivity index (χ0n) is 14.2. The van der Waals surface area contributed by atoms with E-state index in [0.717, 1.165) is 49.6 Å². The number of piperidine rings is 1. The number of methoxy groups -OCH3 is 1. The second kappa shape index (κ2) is 7.53. The summed E-state index contributed by atoms with van der Waals surface area (Å²) < 4.78 is 6.84. The molecule has 2 aromatic rings. The Balaban J connectivity index is 1.71. The maximum Gasteiger partial charge on any atom is 0.248 e. The number of ether oxygens (including phenoxy) is 1. The van der Waals surface area contributed by atoms with E-state index in [1.165, 1.54) is 0 Å². The van der Waals surface area contributed by atoms with Crippen LogP contribution in [0, 0.1) is 0 Å². The van der Waals surface area contributed by atoms with Gasteiger partial charge < -0.3 is 9.64 Å². The quantitative estimate of drug-likeness (QED) is 0.835. The van der Waals surface area contributed by atoms with Crippen LogP contribution in [0.5, 0.6) is 0 Å². The van der Waals surface area contributed by atoms with E-state index in [9.17, 15) is 4.79 Å². The van der Waals surface area contributed by atoms with Crippen LogP contribution in [0.25, 0.3) is 11.4 Å². The molecule has 1 aliphatic rings. The number of aromatic nitrogens is 4. The van der Waals surface area contributed by atoms with E-state index < -0.39 is 0 Å². The Labute approximate surface area is 141 Å². The molecular weight excluding hydrogens is 306 g/mol. The zero-order chi connectivity index (χ0) is 16.9. The number of carbonyl (C=O) groups is 1. The minimum atomic E-state index is 0.0580. The Kier molecular flexibility index (Phi) is 5.20. The standard InChI is InChI=1S/C17H23N5O2/c1-3-22-16(4-7-19-22)15-11-18-10-14(20-15)13-5-8-21(9-6-13)17(23)12-24-2/h4,7,10-11,13H,3,5-6,8-9,12H2,1-2H3. The van der Waals surface area contributed by atoms with Crippen LogP contribution in [0.3, 0.4) is 0 Å². The summed E-state index contributed by atoms with van der Waals surface area (Å²) in [6.45, 7) is 4.49. The average molecular weight is 329 g/mol. The lowest BCUT2D eigenvalue weighted by molar-refractivity contribution is -0.136. The molecule has 0 bridgehead atoms. The number of hydrogen-bond donors (Lipinski definition) is 0. The lowest BCUT2D eigenvalue weighted by Gasteiger charge is -2.31. The third kappa shape index (κ3) is 3.46. The molecule has 2 aromatic heterocycles. The van der Waals surface area contributed by atoms with Crippen molar-refractivity contribution in [3.63, 3.8) is 0 Å². The van der Waals surface area contributed by atoms with Gasteiger partial charge in [0, 0.05) is 45.1 Å². The van der Waals surface area contributed by atoms with Crippen LogP contribution >= 0.6 is 0 Å². The molecule has 7 heteroatoms. The summed E-state index contributed by atoms with van der Waals surface area (Å²) in [6, 6.07) is 1.96. The molecular formula is C17H23N5O2. The van der Waals surface area contributed by atoms with Gasteiger partial charge in [0.05, 0.1) is 17.6 Å². The van der Waals surface area contributed by atoms with Crippen molar-refractivity contribution in [2.75, 3.05) is 26.8 Å². The monoisotopic (exact) mass is 329 g/mol. The summed E-state index contributed by atoms with van der Waals surface area (Å²) in [7, 11) is 1.55. The molecule has 0 unspecified atom stereocenters. The van der Waals surface area contributed by atoms with E-state index in [4.69, 9.17) is 9.72 Å². The van der Waals surface area contributed by atoms with E-state index >= 15 is 0 Å². The molecule has 3 heterocycles. The van der Waals surface area contributed by atoms with Crippen LogP contribution in [0.15, 0.2) is 24.7 Å². The lowest BCUT2D eigenvalue weighted by atomic mass is 9.93. The Morgan fingerprint density at radius 2 is 2.12 bits per heavy atom. The second-order valence-electron chi connectivity index (χ2n) is 5.95. The summed E-state index contributed by atoms with van der Waals surface area (Å²) in [5.41, 5.74) is 2.83. The molecule has 0 aliphatic carbocycles. The maximum absolute atomic E-state index is 11.9. The zero-order valence-corrected chi connectivity index (χ0v) is 14.2. The van der Waals surface area contributed by atoms with Crippen LogP contribution in [0.2, 0.25) is 0 Å². The van der Waals surface area contributed by atoms with Gasteiger partial charge in [0.1, 0.15) is 12.3 Å². The van der Waals surface area contributed by atoms with Gasteiger partial charge in [0.15, 0.2) is 0 Å². The molecule has 1 saturated heterocycles. The van der Waals surface area contributed by atoms with E-state index in [1.807, 2.05) is 21.8 Å². The molecule has 1 amide bonds. The van der Waals surface area contributed by atoms with Gasteiger partial charge in [0.2, 0.25) is 5.91 Å². The number of likely N-dealkylation sites (tertiary alicyclic amines) is 1. The van der Waals surface area contributed by atoms with E-state index in [0.29, 0.717) is 5.92 Å². The minimum Gasteiger partial charge on any atom is -0.375 e. The number of amides is 1. The fourth-order valence-corrected chi connectivity index (χ4v) is 3.14. The van der Waals surface area contributed by atoms with E-state index in [-0.39, 0.29) is 12.5 Å². The summed E-state index contributed by atoms with van der Waals surface area (Å²) in [6.07, 6.45) is 7.21. The van der Waals surface area contributed by atoms with Crippen molar-refractivity contribution in [1.82, 2.24) is 24.6 Å². The van der Waals surface area contributed by atoms with Gasteiger partial charge in [-0.25, -0.2) is 4.98 Å². The molecule has 0 saturated carbocycles. The van der Waals surface area contributed by atoms with Gasteiger partial charge in [0.25, 0.3) is 0 Å². The first-order chi connectivity index (χ1) is 11.7. The van der Waals surface area contributed by atoms with Crippen molar-refractivity contribution in [2.45, 2.75) is 32.2 Å². The van der Waals surface area contributed by atoms with E-state index in [1.54, 1.807) is 19.5 Å². The molecule has 0 aromatic carbocycles. The first-order valence-electron chi connectivity index (χ1n) is 8.33. The molecule has 1 fully saturated rings. The molecule has 0 spiro atoms. The van der Waals surface area contributed by atoms with Crippen molar-refractivity contribution < 1.29 is 9.53 Å². The number of nitrogens with zero attached hydrogens (tertiary/aromatic N) is 5. The van der Waals surface area contributed by atoms with Crippen molar-refractivity contribution in [2.24, 2.45) is 0 Å². The smallest absolute Gasteiger partial charge is 0.248 e. The number of rotatable bonds is 5. The molecule has 128 valence electrons. The molecule has 0 N–H and O–H groups in total. The highest BCUT2D eigenvalue weighted by atomic mass is 16.5. The van der Waals surface area contributed by atoms with Crippen molar-refractivity contribution in [1.29, 1.82) is 0 Å². The van der Waals surface area contributed by atoms with Gasteiger partial charge in [-0.1, -0.05) is 0 Å². The summed E-state index contributed by atoms with van der Waals surface area (Å²) in [4.78, 5) is 22.9. The summed E-state index contributed by atoms with van der Waals surface area (Å²) in [5, 5.41) is 4.29. The van der Waals surface area contributed by atoms with Gasteiger partial charge >= 0.3 is 0 Å². The van der Waals surface area contributed by atoms with Crippen LogP contribution in [-0.2, 0) is 16.1 Å². The average Bonchev–Trinajstić information content (AvgIpc) is 3.11. The number of aryl methyl sites for hydroxylation is 1. The third-order valence-electron chi connectivity index (χ3n) is 4.47. The SMILES string of the molecule is CCn1nccc1-c1cncc(C2CCN(C(=O)COC)CC2)n1. The largest absolute Gasteiger partial charge is 0.375 e. The third-order valence-corrected chi connectivity index (χ3v) is 4.47. The van der Waals surface area contributed by atoms with Crippen LogP contribution in [0.4, 0.5) is 0 Å². The van der Waals surface area contributed by atoms with Crippen molar-refractivity contribution >= 4 is 5.91 Å². The summed E-state index contributed by atoms with van der Waals surface area (Å²) in [5.74, 6) is 0.393. The van der Waals surface area contributed by atoms with Crippen LogP contribution in [0.1, 0.15) is 31.4 Å². The molecule has 0 atom stereocenters. The number of carbonyl (C=O) groups excluding carboxylic acids is 1. The van der Waals surface area contributed by atoms with Gasteiger partial charge in [-0.3, -0.25) is 14.5 Å². The van der Waals surface area contributed by atoms with E-state index in [2.05, 4.69) is 17.0 Å². The molecule has 3 rings (SSSR count). The van der Waals surface area contributed by atoms with Crippen molar-refractivity contribution in [3.8, 4) is 11.4 Å². The molecule has 24 heavy (non-hydrogen) atoms. The highest BCUT2D eigenvalue weighted by Gasteiger charge is 2.25. The maximum atomic E-state index is 11.9. The number of hydrogen-bond acceptors (Lipinski definition) is 5. The fraction of sp³-hybridized carbons (Fsp3) is 0.529. The second-order valence-corrected chi connectivity index (χ2v) is 5.95. The highest BCUT2D eigenvalue weighted by molar-refractivity contribution is 5.77. The summed E-state index contributed by atoms with van der Waals surface area (Å²) >= 11 is 0. The Morgan fingerprint density at radius 1 is 1.33 bits per heavy atom. The highest BCUT2D eigenvalue weighted by Crippen LogP contribution is 2.28. The Hall–Kier alpha value is -2.28. The minimum absolute atomic E-state index is 0.0580. The van der Waals surface area contributed by atoms with Crippen molar-refractivity contribution in [3.05, 3.63) is 30.4 Å².